The zero-order chi connectivity index (χ0) is 21.1. The van der Waals surface area contributed by atoms with Gasteiger partial charge in [-0.3, -0.25) is 13.9 Å². The molecular weight excluding hydrogens is 398 g/mol. The Hall–Kier alpha value is -3.83. The lowest BCUT2D eigenvalue weighted by molar-refractivity contribution is 0.622. The summed E-state index contributed by atoms with van der Waals surface area (Å²) in [6.07, 6.45) is 8.69. The number of nitrogens with zero attached hydrogens (tertiary/aromatic N) is 4. The minimum absolute atomic E-state index is 0.103. The molecule has 0 fully saturated rings. The average molecular weight is 417 g/mol. The van der Waals surface area contributed by atoms with Crippen molar-refractivity contribution in [3.63, 3.8) is 0 Å². The number of aromatic nitrogens is 3. The summed E-state index contributed by atoms with van der Waals surface area (Å²) in [6.45, 7) is 1.96. The number of benzene rings is 1. The van der Waals surface area contributed by atoms with Gasteiger partial charge in [0.15, 0.2) is 0 Å². The predicted molar refractivity (Wildman–Crippen MR) is 120 cm³/mol. The lowest BCUT2D eigenvalue weighted by Crippen LogP contribution is -2.41. The molecule has 2 aromatic heterocycles. The molecule has 0 aliphatic carbocycles. The van der Waals surface area contributed by atoms with E-state index in [1.807, 2.05) is 24.3 Å². The Morgan fingerprint density at radius 1 is 1.17 bits per heavy atom. The summed E-state index contributed by atoms with van der Waals surface area (Å²) < 4.78 is 3.66. The van der Waals surface area contributed by atoms with Gasteiger partial charge >= 0.3 is 5.69 Å². The summed E-state index contributed by atoms with van der Waals surface area (Å²) in [5.41, 5.74) is 6.44. The van der Waals surface area contributed by atoms with E-state index in [1.54, 1.807) is 42.5 Å². The third-order valence-electron chi connectivity index (χ3n) is 4.50. The van der Waals surface area contributed by atoms with Gasteiger partial charge in [0.1, 0.15) is 10.8 Å². The lowest BCUT2D eigenvalue weighted by atomic mass is 10.3. The maximum atomic E-state index is 13.3. The zero-order valence-electron chi connectivity index (χ0n) is 16.3. The standard InChI is InChI=1S/C22H19N5O2S/c1-2-3-12-26-20(25-11-7-6-8-16(23)14-25)13-21(28)27(22(26)29)15-19-24-17-9-4-5-10-18(17)30-19/h4-11,13-14H,12,15,23H2,1H3. The van der Waals surface area contributed by atoms with Crippen LogP contribution >= 0.6 is 11.3 Å². The molecule has 0 radical (unpaired) electrons. The molecule has 30 heavy (non-hydrogen) atoms. The second-order valence-electron chi connectivity index (χ2n) is 6.53. The summed E-state index contributed by atoms with van der Waals surface area (Å²) in [6, 6.07) is 9.14. The number of fused-ring (bicyclic) bond motifs is 1. The van der Waals surface area contributed by atoms with Crippen LogP contribution in [0.1, 0.15) is 11.9 Å². The van der Waals surface area contributed by atoms with Crippen molar-refractivity contribution in [1.82, 2.24) is 14.1 Å². The molecular formula is C22H19N5O2S. The second-order valence-corrected chi connectivity index (χ2v) is 7.65. The Morgan fingerprint density at radius 3 is 2.80 bits per heavy atom. The van der Waals surface area contributed by atoms with Crippen LogP contribution in [0.25, 0.3) is 10.2 Å². The molecule has 2 N–H and O–H groups in total. The summed E-state index contributed by atoms with van der Waals surface area (Å²) >= 11 is 1.47. The number of hydrogen-bond acceptors (Lipinski definition) is 6. The average Bonchev–Trinajstić information content (AvgIpc) is 3.02. The van der Waals surface area contributed by atoms with Crippen molar-refractivity contribution in [2.24, 2.45) is 5.73 Å². The van der Waals surface area contributed by atoms with Crippen molar-refractivity contribution in [2.45, 2.75) is 20.0 Å². The number of thiazole rings is 1. The molecule has 4 rings (SSSR count). The van der Waals surface area contributed by atoms with Gasteiger partial charge in [-0.05, 0) is 31.2 Å². The highest BCUT2D eigenvalue weighted by Crippen LogP contribution is 2.22. The quantitative estimate of drug-likeness (QED) is 0.659. The molecule has 3 aromatic rings. The van der Waals surface area contributed by atoms with E-state index in [-0.39, 0.29) is 13.1 Å². The van der Waals surface area contributed by atoms with Crippen LogP contribution in [0.3, 0.4) is 0 Å². The molecule has 0 amide bonds. The molecule has 150 valence electrons. The summed E-state index contributed by atoms with van der Waals surface area (Å²) in [5, 5.41) is 0.694. The van der Waals surface area contributed by atoms with Gasteiger partial charge in [-0.15, -0.1) is 17.3 Å². The van der Waals surface area contributed by atoms with Crippen LogP contribution in [-0.2, 0) is 13.1 Å². The smallest absolute Gasteiger partial charge is 0.333 e. The molecule has 3 heterocycles. The van der Waals surface area contributed by atoms with E-state index in [0.717, 1.165) is 10.2 Å². The minimum atomic E-state index is -0.447. The van der Waals surface area contributed by atoms with Crippen LogP contribution in [0.2, 0.25) is 0 Å². The van der Waals surface area contributed by atoms with Gasteiger partial charge in [-0.1, -0.05) is 24.1 Å². The maximum Gasteiger partial charge on any atom is 0.333 e. The number of allylic oxidation sites excluding steroid dienone is 3. The van der Waals surface area contributed by atoms with Crippen LogP contribution in [0.4, 0.5) is 5.82 Å². The Kier molecular flexibility index (Phi) is 5.37. The van der Waals surface area contributed by atoms with Crippen molar-refractivity contribution in [3.8, 4) is 11.8 Å². The van der Waals surface area contributed by atoms with Gasteiger partial charge in [0.05, 0.1) is 23.3 Å². The molecule has 0 unspecified atom stereocenters. The Balaban J connectivity index is 1.82. The second kappa shape index (κ2) is 8.27. The Morgan fingerprint density at radius 2 is 2.00 bits per heavy atom. The molecule has 0 saturated carbocycles. The molecule has 1 aliphatic rings. The molecule has 0 bridgehead atoms. The fraction of sp³-hybridized carbons (Fsp3) is 0.136. The van der Waals surface area contributed by atoms with E-state index < -0.39 is 11.2 Å². The number of anilines is 1. The van der Waals surface area contributed by atoms with E-state index >= 15 is 0 Å². The highest BCUT2D eigenvalue weighted by atomic mass is 32.1. The third kappa shape index (κ3) is 3.83. The van der Waals surface area contributed by atoms with Crippen LogP contribution in [0, 0.1) is 11.8 Å². The third-order valence-corrected chi connectivity index (χ3v) is 5.52. The summed E-state index contributed by atoms with van der Waals surface area (Å²) in [7, 11) is 0. The van der Waals surface area contributed by atoms with Gasteiger partial charge < -0.3 is 10.6 Å². The first-order valence-corrected chi connectivity index (χ1v) is 10.1. The van der Waals surface area contributed by atoms with Crippen LogP contribution in [0.15, 0.2) is 76.2 Å². The van der Waals surface area contributed by atoms with Gasteiger partial charge in [0.2, 0.25) is 0 Å². The maximum absolute atomic E-state index is 13.3. The van der Waals surface area contributed by atoms with Gasteiger partial charge in [0, 0.05) is 24.2 Å². The number of nitrogens with two attached hydrogens (primary N) is 1. The fourth-order valence-electron chi connectivity index (χ4n) is 3.09. The first kappa shape index (κ1) is 19.5. The number of rotatable bonds is 4. The van der Waals surface area contributed by atoms with Crippen LogP contribution < -0.4 is 21.9 Å². The van der Waals surface area contributed by atoms with E-state index in [2.05, 4.69) is 16.8 Å². The molecule has 1 aliphatic heterocycles. The topological polar surface area (TPSA) is 86.2 Å². The predicted octanol–water partition coefficient (Wildman–Crippen LogP) is 2.38. The van der Waals surface area contributed by atoms with Crippen molar-refractivity contribution >= 4 is 27.4 Å². The highest BCUT2D eigenvalue weighted by molar-refractivity contribution is 7.18. The molecule has 0 atom stereocenters. The molecule has 0 saturated heterocycles. The number of hydrogen-bond donors (Lipinski definition) is 1. The fourth-order valence-corrected chi connectivity index (χ4v) is 4.05. The van der Waals surface area contributed by atoms with Gasteiger partial charge in [0.25, 0.3) is 5.56 Å². The molecule has 1 aromatic carbocycles. The van der Waals surface area contributed by atoms with Crippen LogP contribution in [-0.4, -0.2) is 14.1 Å². The van der Waals surface area contributed by atoms with Gasteiger partial charge in [-0.25, -0.2) is 9.78 Å². The normalized spacial score (nSPS) is 13.1. The van der Waals surface area contributed by atoms with Crippen molar-refractivity contribution < 1.29 is 0 Å². The minimum Gasteiger partial charge on any atom is -0.398 e. The molecule has 8 heteroatoms. The van der Waals surface area contributed by atoms with Crippen molar-refractivity contribution in [2.75, 3.05) is 4.90 Å². The lowest BCUT2D eigenvalue weighted by Gasteiger charge is -2.20. The first-order valence-electron chi connectivity index (χ1n) is 9.26. The van der Waals surface area contributed by atoms with Gasteiger partial charge in [-0.2, -0.15) is 0 Å². The zero-order valence-corrected chi connectivity index (χ0v) is 17.1. The first-order chi connectivity index (χ1) is 14.6. The SMILES string of the molecule is CC#CCn1c(N2C=CC=CC(N)=C2)cc(=O)n(Cc2nc3ccccc3s2)c1=O. The Bertz CT molecular complexity index is 1350. The Labute approximate surface area is 176 Å². The van der Waals surface area contributed by atoms with E-state index in [4.69, 9.17) is 5.73 Å². The summed E-state index contributed by atoms with van der Waals surface area (Å²) in [4.78, 5) is 32.3. The van der Waals surface area contributed by atoms with Crippen molar-refractivity contribution in [3.05, 3.63) is 92.5 Å². The van der Waals surface area contributed by atoms with Crippen molar-refractivity contribution in [1.29, 1.82) is 0 Å². The van der Waals surface area contributed by atoms with Crippen LogP contribution in [0.5, 0.6) is 0 Å². The molecule has 0 spiro atoms. The molecule has 7 nitrogen and oxygen atoms in total. The highest BCUT2D eigenvalue weighted by Gasteiger charge is 2.16. The largest absolute Gasteiger partial charge is 0.398 e. The summed E-state index contributed by atoms with van der Waals surface area (Å²) in [5.74, 6) is 6.11. The number of para-hydroxylation sites is 1. The monoisotopic (exact) mass is 417 g/mol. The van der Waals surface area contributed by atoms with E-state index in [1.165, 1.54) is 26.5 Å². The van der Waals surface area contributed by atoms with E-state index in [9.17, 15) is 9.59 Å². The van der Waals surface area contributed by atoms with E-state index in [0.29, 0.717) is 16.5 Å².